The lowest BCUT2D eigenvalue weighted by Crippen LogP contribution is -2.31. The third-order valence-corrected chi connectivity index (χ3v) is 6.02. The topological polar surface area (TPSA) is 78.2 Å². The molecular weight excluding hydrogens is 458 g/mol. The minimum absolute atomic E-state index is 0.113. The molecule has 7 heteroatoms. The molecule has 1 aromatic heterocycles. The molecule has 0 fully saturated rings. The quantitative estimate of drug-likeness (QED) is 0.306. The van der Waals surface area contributed by atoms with Gasteiger partial charge in [-0.25, -0.2) is 4.79 Å². The molecule has 0 unspecified atom stereocenters. The minimum atomic E-state index is -0.391. The molecule has 0 aliphatic carbocycles. The van der Waals surface area contributed by atoms with Gasteiger partial charge < -0.3 is 18.6 Å². The minimum Gasteiger partial charge on any atom is -0.478 e. The second-order valence-electron chi connectivity index (χ2n) is 8.74. The van der Waals surface area contributed by atoms with Crippen LogP contribution in [0.25, 0.3) is 11.0 Å². The highest BCUT2D eigenvalue weighted by Gasteiger charge is 2.24. The van der Waals surface area contributed by atoms with Crippen LogP contribution >= 0.6 is 0 Å². The molecule has 0 saturated heterocycles. The lowest BCUT2D eigenvalue weighted by molar-refractivity contribution is 0.0505. The number of esters is 1. The molecule has 0 atom stereocenters. The fraction of sp³-hybridized carbons (Fsp3) is 0.241. The van der Waals surface area contributed by atoms with Crippen LogP contribution in [0.3, 0.4) is 0 Å². The number of aryl methyl sites for hydroxylation is 1. The van der Waals surface area contributed by atoms with Crippen molar-refractivity contribution in [2.75, 3.05) is 13.3 Å². The predicted molar refractivity (Wildman–Crippen MR) is 135 cm³/mol. The summed E-state index contributed by atoms with van der Waals surface area (Å²) in [5.41, 5.74) is 2.70. The third-order valence-electron chi connectivity index (χ3n) is 6.02. The molecule has 2 heterocycles. The van der Waals surface area contributed by atoms with E-state index in [2.05, 4.69) is 17.0 Å². The SMILES string of the molecule is CCCOC(=O)c1ccc(Oc2c(C)oc3c4c(ccc3c2=O)OCN(Cc2ccccc2)C4)cc1. The van der Waals surface area contributed by atoms with Crippen LogP contribution in [0, 0.1) is 6.92 Å². The van der Waals surface area contributed by atoms with Crippen LogP contribution in [-0.2, 0) is 17.8 Å². The highest BCUT2D eigenvalue weighted by molar-refractivity contribution is 5.89. The zero-order valence-corrected chi connectivity index (χ0v) is 20.3. The van der Waals surface area contributed by atoms with Gasteiger partial charge in [0.25, 0.3) is 0 Å². The molecule has 0 N–H and O–H groups in total. The number of nitrogens with zero attached hydrogens (tertiary/aromatic N) is 1. The first kappa shape index (κ1) is 23.6. The van der Waals surface area contributed by atoms with Crippen molar-refractivity contribution in [2.45, 2.75) is 33.4 Å². The molecule has 5 rings (SSSR count). The molecule has 1 aliphatic heterocycles. The first-order valence-corrected chi connectivity index (χ1v) is 12.0. The van der Waals surface area contributed by atoms with Gasteiger partial charge >= 0.3 is 5.97 Å². The number of carbonyl (C=O) groups excluding carboxylic acids is 1. The van der Waals surface area contributed by atoms with Gasteiger partial charge in [-0.05, 0) is 55.3 Å². The van der Waals surface area contributed by atoms with Crippen molar-refractivity contribution in [3.63, 3.8) is 0 Å². The normalized spacial score (nSPS) is 13.2. The van der Waals surface area contributed by atoms with E-state index in [0.29, 0.717) is 53.7 Å². The molecule has 0 amide bonds. The van der Waals surface area contributed by atoms with Gasteiger partial charge in [0.05, 0.1) is 23.1 Å². The van der Waals surface area contributed by atoms with Crippen LogP contribution in [0.1, 0.15) is 40.6 Å². The summed E-state index contributed by atoms with van der Waals surface area (Å²) < 4.78 is 23.2. The summed E-state index contributed by atoms with van der Waals surface area (Å²) in [7, 11) is 0. The Kier molecular flexibility index (Phi) is 6.73. The molecular formula is C29H27NO6. The van der Waals surface area contributed by atoms with Crippen LogP contribution in [-0.4, -0.2) is 24.2 Å². The standard InChI is InChI=1S/C29H27NO6/c1-3-15-33-29(32)21-9-11-22(12-10-21)36-27-19(2)35-28-23(26(27)31)13-14-25-24(28)17-30(18-34-25)16-20-7-5-4-6-8-20/h4-14H,3,15-18H2,1-2H3. The number of benzene rings is 3. The molecule has 184 valence electrons. The fourth-order valence-electron chi connectivity index (χ4n) is 4.22. The maximum absolute atomic E-state index is 13.4. The van der Waals surface area contributed by atoms with E-state index < -0.39 is 5.97 Å². The number of hydrogen-bond donors (Lipinski definition) is 0. The predicted octanol–water partition coefficient (Wildman–Crippen LogP) is 5.81. The Morgan fingerprint density at radius 1 is 1.03 bits per heavy atom. The van der Waals surface area contributed by atoms with E-state index in [4.69, 9.17) is 18.6 Å². The lowest BCUT2D eigenvalue weighted by atomic mass is 10.1. The van der Waals surface area contributed by atoms with Crippen molar-refractivity contribution in [3.05, 3.63) is 99.4 Å². The maximum Gasteiger partial charge on any atom is 0.338 e. The Morgan fingerprint density at radius 2 is 1.81 bits per heavy atom. The average molecular weight is 486 g/mol. The second-order valence-corrected chi connectivity index (χ2v) is 8.74. The van der Waals surface area contributed by atoms with Crippen molar-refractivity contribution >= 4 is 16.9 Å². The van der Waals surface area contributed by atoms with Gasteiger partial charge in [0.1, 0.15) is 29.6 Å². The number of hydrogen-bond acceptors (Lipinski definition) is 7. The molecule has 36 heavy (non-hydrogen) atoms. The second kappa shape index (κ2) is 10.3. The van der Waals surface area contributed by atoms with Gasteiger partial charge in [0.2, 0.25) is 11.2 Å². The molecule has 0 saturated carbocycles. The van der Waals surface area contributed by atoms with E-state index in [1.807, 2.05) is 31.2 Å². The Morgan fingerprint density at radius 3 is 2.56 bits per heavy atom. The van der Waals surface area contributed by atoms with E-state index in [0.717, 1.165) is 18.5 Å². The first-order chi connectivity index (χ1) is 17.5. The van der Waals surface area contributed by atoms with Crippen LogP contribution in [0.5, 0.6) is 17.2 Å². The summed E-state index contributed by atoms with van der Waals surface area (Å²) in [5.74, 6) is 1.23. The summed E-state index contributed by atoms with van der Waals surface area (Å²) in [5, 5.41) is 0.430. The zero-order chi connectivity index (χ0) is 25.1. The van der Waals surface area contributed by atoms with E-state index >= 15 is 0 Å². The highest BCUT2D eigenvalue weighted by atomic mass is 16.5. The van der Waals surface area contributed by atoms with Crippen molar-refractivity contribution in [2.24, 2.45) is 0 Å². The largest absolute Gasteiger partial charge is 0.478 e. The summed E-state index contributed by atoms with van der Waals surface area (Å²) in [4.78, 5) is 27.6. The molecule has 0 bridgehead atoms. The summed E-state index contributed by atoms with van der Waals surface area (Å²) >= 11 is 0. The van der Waals surface area contributed by atoms with Crippen LogP contribution in [0.15, 0.2) is 75.9 Å². The van der Waals surface area contributed by atoms with Crippen LogP contribution < -0.4 is 14.9 Å². The molecule has 3 aromatic carbocycles. The van der Waals surface area contributed by atoms with Crippen molar-refractivity contribution in [1.29, 1.82) is 0 Å². The van der Waals surface area contributed by atoms with Gasteiger partial charge in [-0.3, -0.25) is 9.69 Å². The molecule has 7 nitrogen and oxygen atoms in total. The van der Waals surface area contributed by atoms with E-state index in [1.165, 1.54) is 5.56 Å². The van der Waals surface area contributed by atoms with Crippen LogP contribution in [0.2, 0.25) is 0 Å². The third kappa shape index (κ3) is 4.83. The smallest absolute Gasteiger partial charge is 0.338 e. The Hall–Kier alpha value is -4.10. The van der Waals surface area contributed by atoms with Crippen LogP contribution in [0.4, 0.5) is 0 Å². The zero-order valence-electron chi connectivity index (χ0n) is 20.3. The number of ether oxygens (including phenoxy) is 3. The summed E-state index contributed by atoms with van der Waals surface area (Å²) in [6.07, 6.45) is 0.754. The molecule has 4 aromatic rings. The maximum atomic E-state index is 13.4. The van der Waals surface area contributed by atoms with E-state index in [-0.39, 0.29) is 11.2 Å². The number of rotatable bonds is 7. The average Bonchev–Trinajstić information content (AvgIpc) is 2.90. The van der Waals surface area contributed by atoms with Gasteiger partial charge in [0.15, 0.2) is 0 Å². The van der Waals surface area contributed by atoms with Gasteiger partial charge in [0, 0.05) is 13.1 Å². The Labute approximate surface area is 208 Å². The molecule has 0 spiro atoms. The summed E-state index contributed by atoms with van der Waals surface area (Å²) in [6, 6.07) is 20.2. The van der Waals surface area contributed by atoms with E-state index in [1.54, 1.807) is 37.3 Å². The van der Waals surface area contributed by atoms with Gasteiger partial charge in [-0.1, -0.05) is 37.3 Å². The van der Waals surface area contributed by atoms with E-state index in [9.17, 15) is 9.59 Å². The molecule has 1 aliphatic rings. The van der Waals surface area contributed by atoms with Gasteiger partial charge in [-0.2, -0.15) is 0 Å². The molecule has 0 radical (unpaired) electrons. The highest BCUT2D eigenvalue weighted by Crippen LogP contribution is 2.34. The summed E-state index contributed by atoms with van der Waals surface area (Å²) in [6.45, 7) is 5.79. The van der Waals surface area contributed by atoms with Crippen molar-refractivity contribution in [3.8, 4) is 17.2 Å². The van der Waals surface area contributed by atoms with Gasteiger partial charge in [-0.15, -0.1) is 0 Å². The lowest BCUT2D eigenvalue weighted by Gasteiger charge is -2.29. The monoisotopic (exact) mass is 485 g/mol. The number of carbonyl (C=O) groups is 1. The fourth-order valence-corrected chi connectivity index (χ4v) is 4.22. The first-order valence-electron chi connectivity index (χ1n) is 12.0. The van der Waals surface area contributed by atoms with Crippen molar-refractivity contribution in [1.82, 2.24) is 4.90 Å². The number of fused-ring (bicyclic) bond motifs is 3. The Balaban J connectivity index is 1.41. The van der Waals surface area contributed by atoms with Crippen molar-refractivity contribution < 1.29 is 23.4 Å². The Bertz CT molecular complexity index is 1440.